The number of hydrogen-bond donors (Lipinski definition) is 2. The van der Waals surface area contributed by atoms with Gasteiger partial charge in [-0.2, -0.15) is 18.3 Å². The van der Waals surface area contributed by atoms with Crippen molar-refractivity contribution in [3.05, 3.63) is 42.4 Å². The number of rotatable bonds is 6. The number of amides is 1. The van der Waals surface area contributed by atoms with Crippen molar-refractivity contribution in [2.24, 2.45) is 0 Å². The third kappa shape index (κ3) is 5.73. The topological polar surface area (TPSA) is 74.8 Å². The maximum atomic E-state index is 12.7. The molecule has 5 nitrogen and oxygen atoms in total. The molecule has 22 heavy (non-hydrogen) atoms. The number of Topliss-reactive ketones (excluding diaryl/α,β-unsaturated/α-hetero) is 1. The number of aromatic nitrogens is 2. The number of alkyl halides is 3. The van der Waals surface area contributed by atoms with Crippen LogP contribution in [0, 0.1) is 0 Å². The quantitative estimate of drug-likeness (QED) is 0.481. The molecule has 1 rings (SSSR count). The van der Waals surface area contributed by atoms with Crippen LogP contribution in [0.15, 0.2) is 36.7 Å². The van der Waals surface area contributed by atoms with Gasteiger partial charge in [0, 0.05) is 6.07 Å². The number of allylic oxidation sites excluding steroid dienone is 4. The molecule has 0 aliphatic heterocycles. The first-order valence-electron chi connectivity index (χ1n) is 5.84. The number of H-pyrrole nitrogens is 1. The zero-order valence-electron chi connectivity index (χ0n) is 11.1. The van der Waals surface area contributed by atoms with Crippen LogP contribution in [0.3, 0.4) is 0 Å². The molecule has 0 spiro atoms. The Morgan fingerprint density at radius 2 is 2.09 bits per heavy atom. The van der Waals surface area contributed by atoms with E-state index in [0.717, 1.165) is 12.2 Å². The van der Waals surface area contributed by atoms with Gasteiger partial charge >= 0.3 is 6.18 Å². The van der Waals surface area contributed by atoms with Crippen molar-refractivity contribution in [3.63, 3.8) is 0 Å². The Kier molecular flexibility index (Phi) is 5.79. The average Bonchev–Trinajstić information content (AvgIpc) is 2.84. The van der Waals surface area contributed by atoms with Crippen LogP contribution in [0.2, 0.25) is 0 Å². The van der Waals surface area contributed by atoms with E-state index < -0.39 is 30.1 Å². The van der Waals surface area contributed by atoms with Crippen molar-refractivity contribution >= 4 is 23.6 Å². The third-order valence-electron chi connectivity index (χ3n) is 2.23. The van der Waals surface area contributed by atoms with Gasteiger partial charge in [-0.05, 0) is 18.2 Å². The first-order chi connectivity index (χ1) is 10.2. The molecule has 118 valence electrons. The highest BCUT2D eigenvalue weighted by molar-refractivity contribution is 6.05. The highest BCUT2D eigenvalue weighted by Gasteiger charge is 2.39. The first-order valence-corrected chi connectivity index (χ1v) is 5.84. The molecule has 0 fully saturated rings. The van der Waals surface area contributed by atoms with Gasteiger partial charge in [0.05, 0.1) is 12.1 Å². The minimum absolute atomic E-state index is 0.0622. The van der Waals surface area contributed by atoms with E-state index in [4.69, 9.17) is 0 Å². The predicted octanol–water partition coefficient (Wildman–Crippen LogP) is 2.92. The van der Waals surface area contributed by atoms with Crippen molar-refractivity contribution in [3.8, 4) is 0 Å². The molecular weight excluding hydrogens is 306 g/mol. The van der Waals surface area contributed by atoms with Crippen LogP contribution in [-0.2, 0) is 9.59 Å². The second kappa shape index (κ2) is 7.34. The van der Waals surface area contributed by atoms with E-state index in [9.17, 15) is 27.2 Å². The number of aromatic amines is 1. The van der Waals surface area contributed by atoms with E-state index in [1.807, 2.05) is 5.32 Å². The van der Waals surface area contributed by atoms with E-state index in [-0.39, 0.29) is 5.82 Å². The molecule has 1 amide bonds. The summed E-state index contributed by atoms with van der Waals surface area (Å²) in [5.41, 5.74) is 0.366. The van der Waals surface area contributed by atoms with Crippen molar-refractivity contribution in [2.75, 3.05) is 5.32 Å². The van der Waals surface area contributed by atoms with Crippen LogP contribution in [-0.4, -0.2) is 28.1 Å². The smallest absolute Gasteiger partial charge is 0.309 e. The van der Waals surface area contributed by atoms with Crippen molar-refractivity contribution in [2.45, 2.75) is 12.6 Å². The minimum Gasteiger partial charge on any atom is -0.309 e. The highest BCUT2D eigenvalue weighted by Crippen LogP contribution is 2.18. The molecule has 1 aromatic heterocycles. The minimum atomic E-state index is -5.06. The Balaban J connectivity index is 2.60. The van der Waals surface area contributed by atoms with Gasteiger partial charge in [0.15, 0.2) is 5.82 Å². The predicted molar refractivity (Wildman–Crippen MR) is 71.3 cm³/mol. The lowest BCUT2D eigenvalue weighted by Crippen LogP contribution is -2.27. The normalized spacial score (nSPS) is 12.5. The summed E-state index contributed by atoms with van der Waals surface area (Å²) in [6.07, 6.45) is -1.52. The Morgan fingerprint density at radius 1 is 1.41 bits per heavy atom. The lowest BCUT2D eigenvalue weighted by molar-refractivity contribution is -0.171. The number of anilines is 1. The molecule has 0 saturated heterocycles. The number of hydrogen-bond acceptors (Lipinski definition) is 3. The summed E-state index contributed by atoms with van der Waals surface area (Å²) in [5.74, 6) is -3.91. The zero-order chi connectivity index (χ0) is 16.8. The van der Waals surface area contributed by atoms with Gasteiger partial charge in [0.25, 0.3) is 0 Å². The molecule has 0 bridgehead atoms. The molecule has 0 aliphatic rings. The number of carbonyl (C=O) groups excluding carboxylic acids is 2. The lowest BCUT2D eigenvalue weighted by Gasteiger charge is -2.04. The van der Waals surface area contributed by atoms with Gasteiger partial charge in [-0.1, -0.05) is 12.7 Å². The van der Waals surface area contributed by atoms with Crippen LogP contribution in [0.1, 0.15) is 12.1 Å². The molecule has 0 saturated carbocycles. The summed E-state index contributed by atoms with van der Waals surface area (Å²) in [6, 6.07) is 1.30. The van der Waals surface area contributed by atoms with Gasteiger partial charge in [0.1, 0.15) is 5.83 Å². The van der Waals surface area contributed by atoms with E-state index in [0.29, 0.717) is 5.69 Å². The summed E-state index contributed by atoms with van der Waals surface area (Å²) < 4.78 is 48.7. The van der Waals surface area contributed by atoms with Crippen LogP contribution in [0.25, 0.3) is 6.08 Å². The highest BCUT2D eigenvalue weighted by atomic mass is 19.4. The van der Waals surface area contributed by atoms with Crippen molar-refractivity contribution in [1.29, 1.82) is 0 Å². The monoisotopic (exact) mass is 317 g/mol. The maximum absolute atomic E-state index is 12.7. The first kappa shape index (κ1) is 17.3. The van der Waals surface area contributed by atoms with Gasteiger partial charge < -0.3 is 5.32 Å². The maximum Gasteiger partial charge on any atom is 0.450 e. The summed E-state index contributed by atoms with van der Waals surface area (Å²) in [5, 5.41) is 8.09. The standard InChI is InChI=1S/C13H11F4N3O2/c1-2-8(14)4-3-5-9-6-11(20-19-9)18-12(22)7-10(21)13(15,16)17/h2-6H,1,7H2,(H2,18,19,20,22)/b5-3+,8-4+. The summed E-state index contributed by atoms with van der Waals surface area (Å²) in [6.45, 7) is 3.21. The molecule has 9 heteroatoms. The van der Waals surface area contributed by atoms with Gasteiger partial charge in [0.2, 0.25) is 11.7 Å². The number of nitrogens with zero attached hydrogens (tertiary/aromatic N) is 1. The van der Waals surface area contributed by atoms with E-state index in [2.05, 4.69) is 16.8 Å². The van der Waals surface area contributed by atoms with E-state index in [1.54, 1.807) is 0 Å². The Morgan fingerprint density at radius 3 is 2.68 bits per heavy atom. The molecule has 1 heterocycles. The fourth-order valence-electron chi connectivity index (χ4n) is 1.23. The number of nitrogens with one attached hydrogen (secondary N) is 2. The molecule has 0 radical (unpaired) electrons. The summed E-state index contributed by atoms with van der Waals surface area (Å²) in [7, 11) is 0. The number of halogens is 4. The van der Waals surface area contributed by atoms with Crippen molar-refractivity contribution in [1.82, 2.24) is 10.2 Å². The van der Waals surface area contributed by atoms with Crippen LogP contribution in [0.4, 0.5) is 23.4 Å². The molecule has 0 aromatic carbocycles. The fourth-order valence-corrected chi connectivity index (χ4v) is 1.23. The SMILES string of the molecule is C=C/C(F)=C\C=C\c1cc(NC(=O)CC(=O)C(F)(F)F)n[nH]1. The fraction of sp³-hybridized carbons (Fsp3) is 0.154. The Labute approximate surface area is 122 Å². The van der Waals surface area contributed by atoms with Crippen LogP contribution in [0.5, 0.6) is 0 Å². The Bertz CT molecular complexity index is 629. The van der Waals surface area contributed by atoms with Crippen LogP contribution < -0.4 is 5.32 Å². The van der Waals surface area contributed by atoms with Crippen LogP contribution >= 0.6 is 0 Å². The number of ketones is 1. The lowest BCUT2D eigenvalue weighted by atomic mass is 10.2. The molecular formula is C13H11F4N3O2. The summed E-state index contributed by atoms with van der Waals surface area (Å²) in [4.78, 5) is 21.9. The molecule has 2 N–H and O–H groups in total. The second-order valence-corrected chi connectivity index (χ2v) is 3.97. The molecule has 0 atom stereocenters. The average molecular weight is 317 g/mol. The Hall–Kier alpha value is -2.71. The molecule has 0 aliphatic carbocycles. The van der Waals surface area contributed by atoms with E-state index in [1.165, 1.54) is 18.2 Å². The van der Waals surface area contributed by atoms with Crippen molar-refractivity contribution < 1.29 is 27.2 Å². The van der Waals surface area contributed by atoms with Gasteiger partial charge in [-0.3, -0.25) is 14.7 Å². The third-order valence-corrected chi connectivity index (χ3v) is 2.23. The molecule has 1 aromatic rings. The second-order valence-electron chi connectivity index (χ2n) is 3.97. The summed E-state index contributed by atoms with van der Waals surface area (Å²) >= 11 is 0. The molecule has 0 unspecified atom stereocenters. The number of carbonyl (C=O) groups is 2. The van der Waals surface area contributed by atoms with E-state index >= 15 is 0 Å². The van der Waals surface area contributed by atoms with Gasteiger partial charge in [-0.15, -0.1) is 0 Å². The largest absolute Gasteiger partial charge is 0.450 e. The zero-order valence-corrected chi connectivity index (χ0v) is 11.1. The van der Waals surface area contributed by atoms with Gasteiger partial charge in [-0.25, -0.2) is 4.39 Å².